The lowest BCUT2D eigenvalue weighted by atomic mass is 9.96. The van der Waals surface area contributed by atoms with E-state index in [1.807, 2.05) is 66.7 Å². The molecule has 15 rings (SSSR count). The molecular weight excluding hydrogens is 917 g/mol. The zero-order chi connectivity index (χ0) is 49.4. The van der Waals surface area contributed by atoms with E-state index in [9.17, 15) is 0 Å². The lowest BCUT2D eigenvalue weighted by Crippen LogP contribution is -2.00. The Balaban J connectivity index is 0.824. The molecule has 0 unspecified atom stereocenters. The third kappa shape index (κ3) is 7.30. The summed E-state index contributed by atoms with van der Waals surface area (Å²) >= 11 is 0. The number of rotatable bonds is 8. The maximum atomic E-state index is 6.81. The number of fused-ring (bicyclic) bond motifs is 9. The van der Waals surface area contributed by atoms with Gasteiger partial charge in [-0.05, 0) is 117 Å². The van der Waals surface area contributed by atoms with Crippen molar-refractivity contribution in [1.82, 2.24) is 19.5 Å². The van der Waals surface area contributed by atoms with Crippen LogP contribution in [0.1, 0.15) is 0 Å². The molecule has 11 aromatic carbocycles. The van der Waals surface area contributed by atoms with Gasteiger partial charge in [-0.3, -0.25) is 0 Å². The topological polar surface area (TPSA) is 69.9 Å². The fraction of sp³-hybridized carbons (Fsp3) is 0. The zero-order valence-electron chi connectivity index (χ0n) is 40.4. The van der Waals surface area contributed by atoms with Gasteiger partial charge in [-0.2, -0.15) is 0 Å². The highest BCUT2D eigenvalue weighted by atomic mass is 16.3. The van der Waals surface area contributed by atoms with E-state index in [-0.39, 0.29) is 0 Å². The van der Waals surface area contributed by atoms with Crippen molar-refractivity contribution in [2.45, 2.75) is 0 Å². The number of aromatic nitrogens is 4. The Labute approximate surface area is 431 Å². The van der Waals surface area contributed by atoms with Gasteiger partial charge in [0.2, 0.25) is 0 Å². The molecule has 0 radical (unpaired) electrons. The van der Waals surface area contributed by atoms with Crippen LogP contribution >= 0.6 is 0 Å². The lowest BCUT2D eigenvalue weighted by molar-refractivity contribution is 0.666. The number of hydrogen-bond donors (Lipinski definition) is 0. The van der Waals surface area contributed by atoms with Crippen LogP contribution < -0.4 is 0 Å². The first-order chi connectivity index (χ1) is 37.1. The van der Waals surface area contributed by atoms with E-state index in [1.165, 1.54) is 21.9 Å². The molecule has 0 fully saturated rings. The summed E-state index contributed by atoms with van der Waals surface area (Å²) in [6.45, 7) is 0. The fourth-order valence-electron chi connectivity index (χ4n) is 11.0. The second-order valence-corrected chi connectivity index (χ2v) is 19.1. The van der Waals surface area contributed by atoms with Crippen LogP contribution in [0.15, 0.2) is 264 Å². The SMILES string of the molecule is c1ccc(-c2ccc3c(c2)c2ccccc2n3-c2cc(-c3cccc(-c4ccc5oc6ccc(-c7cccc(-c8nc(-c9ccccc9)nc(-c9ccccc9)n8)c7)cc6c5c4)c3)cc3c2oc2ccccc23)cc1. The molecule has 0 N–H and O–H groups in total. The Morgan fingerprint density at radius 1 is 0.240 bits per heavy atom. The first kappa shape index (κ1) is 42.5. The van der Waals surface area contributed by atoms with E-state index in [2.05, 4.69) is 193 Å². The molecule has 0 amide bonds. The Morgan fingerprint density at radius 3 is 1.32 bits per heavy atom. The zero-order valence-corrected chi connectivity index (χ0v) is 40.4. The summed E-state index contributed by atoms with van der Waals surface area (Å²) in [5, 5.41) is 6.65. The van der Waals surface area contributed by atoms with E-state index in [1.54, 1.807) is 0 Å². The van der Waals surface area contributed by atoms with Crippen LogP contribution in [0.25, 0.3) is 150 Å². The van der Waals surface area contributed by atoms with Gasteiger partial charge in [-0.15, -0.1) is 0 Å². The fourth-order valence-corrected chi connectivity index (χ4v) is 11.0. The largest absolute Gasteiger partial charge is 0.456 e. The average Bonchev–Trinajstić information content (AvgIpc) is 4.21. The minimum Gasteiger partial charge on any atom is -0.456 e. The summed E-state index contributed by atoms with van der Waals surface area (Å²) in [6, 6.07) is 89.5. The Hall–Kier alpha value is -10.2. The van der Waals surface area contributed by atoms with Gasteiger partial charge in [-0.25, -0.2) is 15.0 Å². The predicted molar refractivity (Wildman–Crippen MR) is 307 cm³/mol. The molecule has 6 heteroatoms. The molecule has 0 spiro atoms. The van der Waals surface area contributed by atoms with Crippen molar-refractivity contribution in [3.05, 3.63) is 255 Å². The van der Waals surface area contributed by atoms with Gasteiger partial charge in [0.25, 0.3) is 0 Å². The molecule has 4 heterocycles. The first-order valence-corrected chi connectivity index (χ1v) is 25.2. The highest BCUT2D eigenvalue weighted by Crippen LogP contribution is 2.43. The number of para-hydroxylation sites is 2. The molecule has 75 heavy (non-hydrogen) atoms. The number of benzene rings is 11. The molecule has 0 aliphatic carbocycles. The quantitative estimate of drug-likeness (QED) is 0.152. The van der Waals surface area contributed by atoms with Crippen LogP contribution in [0.2, 0.25) is 0 Å². The number of nitrogens with zero attached hydrogens (tertiary/aromatic N) is 4. The summed E-state index contributed by atoms with van der Waals surface area (Å²) in [5.41, 5.74) is 18.3. The summed E-state index contributed by atoms with van der Waals surface area (Å²) in [7, 11) is 0. The minimum atomic E-state index is 0.616. The van der Waals surface area contributed by atoms with Gasteiger partial charge < -0.3 is 13.4 Å². The molecule has 6 nitrogen and oxygen atoms in total. The molecule has 0 bridgehead atoms. The predicted octanol–water partition coefficient (Wildman–Crippen LogP) is 18.4. The minimum absolute atomic E-state index is 0.616. The van der Waals surface area contributed by atoms with Crippen molar-refractivity contribution in [1.29, 1.82) is 0 Å². The van der Waals surface area contributed by atoms with Crippen molar-refractivity contribution < 1.29 is 8.83 Å². The Morgan fingerprint density at radius 2 is 0.667 bits per heavy atom. The molecule has 0 atom stereocenters. The molecule has 350 valence electrons. The number of hydrogen-bond acceptors (Lipinski definition) is 5. The van der Waals surface area contributed by atoms with Crippen molar-refractivity contribution in [2.24, 2.45) is 0 Å². The summed E-state index contributed by atoms with van der Waals surface area (Å²) in [4.78, 5) is 14.9. The third-order valence-corrected chi connectivity index (χ3v) is 14.6. The van der Waals surface area contributed by atoms with Crippen molar-refractivity contribution in [3.63, 3.8) is 0 Å². The van der Waals surface area contributed by atoms with E-state index in [4.69, 9.17) is 23.8 Å². The highest BCUT2D eigenvalue weighted by molar-refractivity contribution is 6.14. The van der Waals surface area contributed by atoms with E-state index in [0.29, 0.717) is 17.5 Å². The van der Waals surface area contributed by atoms with Crippen LogP contribution in [-0.4, -0.2) is 19.5 Å². The standard InChI is InChI=1S/C69H42N4O2/c1-4-16-43(17-5-1)49-30-33-61-56(38-49)54-26-10-12-28-60(54)73(61)62-42-53(41-59-55-27-11-13-29-63(55)75-66(59)62)48-24-14-22-46(36-48)50-31-34-64-57(39-50)58-40-51(32-35-65(58)74-64)47-23-15-25-52(37-47)69-71-67(44-18-6-2-7-19-44)70-68(72-69)45-20-8-3-9-21-45/h1-42H. The smallest absolute Gasteiger partial charge is 0.164 e. The van der Waals surface area contributed by atoms with Crippen LogP contribution in [-0.2, 0) is 0 Å². The van der Waals surface area contributed by atoms with E-state index in [0.717, 1.165) is 111 Å². The monoisotopic (exact) mass is 958 g/mol. The molecule has 0 aliphatic heterocycles. The van der Waals surface area contributed by atoms with Gasteiger partial charge in [0.15, 0.2) is 23.1 Å². The summed E-state index contributed by atoms with van der Waals surface area (Å²) in [5.74, 6) is 1.88. The van der Waals surface area contributed by atoms with Gasteiger partial charge in [0.05, 0.1) is 16.7 Å². The van der Waals surface area contributed by atoms with Gasteiger partial charge in [-0.1, -0.05) is 182 Å². The van der Waals surface area contributed by atoms with Crippen molar-refractivity contribution in [3.8, 4) is 84.4 Å². The normalized spacial score (nSPS) is 11.7. The summed E-state index contributed by atoms with van der Waals surface area (Å²) in [6.07, 6.45) is 0. The second-order valence-electron chi connectivity index (χ2n) is 19.1. The Bertz CT molecular complexity index is 4650. The van der Waals surface area contributed by atoms with Crippen LogP contribution in [0.4, 0.5) is 0 Å². The van der Waals surface area contributed by atoms with Gasteiger partial charge in [0.1, 0.15) is 16.7 Å². The van der Waals surface area contributed by atoms with E-state index >= 15 is 0 Å². The maximum Gasteiger partial charge on any atom is 0.164 e. The average molecular weight is 959 g/mol. The van der Waals surface area contributed by atoms with Gasteiger partial charge in [0, 0.05) is 49.0 Å². The van der Waals surface area contributed by atoms with Crippen LogP contribution in [0.3, 0.4) is 0 Å². The highest BCUT2D eigenvalue weighted by Gasteiger charge is 2.21. The second kappa shape index (κ2) is 17.3. The van der Waals surface area contributed by atoms with Crippen molar-refractivity contribution in [2.75, 3.05) is 0 Å². The van der Waals surface area contributed by atoms with E-state index < -0.39 is 0 Å². The van der Waals surface area contributed by atoms with Crippen LogP contribution in [0.5, 0.6) is 0 Å². The lowest BCUT2D eigenvalue weighted by Gasteiger charge is -2.13. The molecule has 0 saturated heterocycles. The molecule has 15 aromatic rings. The summed E-state index contributed by atoms with van der Waals surface area (Å²) < 4.78 is 15.7. The third-order valence-electron chi connectivity index (χ3n) is 14.6. The molecule has 0 aliphatic rings. The number of furan rings is 2. The first-order valence-electron chi connectivity index (χ1n) is 25.2. The van der Waals surface area contributed by atoms with Gasteiger partial charge >= 0.3 is 0 Å². The van der Waals surface area contributed by atoms with Crippen molar-refractivity contribution >= 4 is 65.7 Å². The Kier molecular flexibility index (Phi) is 9.78. The molecular formula is C69H42N4O2. The molecule has 4 aromatic heterocycles. The maximum absolute atomic E-state index is 6.81. The van der Waals surface area contributed by atoms with Crippen LogP contribution in [0, 0.1) is 0 Å². The molecule has 0 saturated carbocycles.